The van der Waals surface area contributed by atoms with Crippen molar-refractivity contribution in [3.8, 4) is 11.3 Å². The predicted octanol–water partition coefficient (Wildman–Crippen LogP) is 2.36. The lowest BCUT2D eigenvalue weighted by atomic mass is 10.1. The topological polar surface area (TPSA) is 101 Å². The number of imidazole rings is 1. The van der Waals surface area contributed by atoms with Gasteiger partial charge in [0.05, 0.1) is 22.6 Å². The molecular weight excluding hydrogens is 414 g/mol. The van der Waals surface area contributed by atoms with Crippen LogP contribution in [-0.4, -0.2) is 64.4 Å². The number of piperazine rings is 1. The molecule has 1 aromatic carbocycles. The monoisotopic (exact) mass is 435 g/mol. The molecule has 3 aromatic rings. The van der Waals surface area contributed by atoms with E-state index in [0.717, 1.165) is 26.8 Å². The van der Waals surface area contributed by atoms with Crippen molar-refractivity contribution >= 4 is 32.0 Å². The molecule has 154 valence electrons. The maximum atomic E-state index is 11.7. The molecule has 3 heterocycles. The zero-order valence-electron chi connectivity index (χ0n) is 16.1. The first-order chi connectivity index (χ1) is 13.7. The molecular formula is C18H21N5O4S2. The summed E-state index contributed by atoms with van der Waals surface area (Å²) >= 11 is 1.59. The summed E-state index contributed by atoms with van der Waals surface area (Å²) in [7, 11) is -3.17. The summed E-state index contributed by atoms with van der Waals surface area (Å²) in [6, 6.07) is 6.43. The highest BCUT2D eigenvalue weighted by Crippen LogP contribution is 2.30. The van der Waals surface area contributed by atoms with Gasteiger partial charge in [-0.2, -0.15) is 4.31 Å². The highest BCUT2D eigenvalue weighted by molar-refractivity contribution is 7.88. The average Bonchev–Trinajstić information content (AvgIpc) is 3.18. The second-order valence-corrected chi connectivity index (χ2v) is 10.3. The number of non-ortho nitro benzene ring substituents is 1. The van der Waals surface area contributed by atoms with Crippen LogP contribution in [0.2, 0.25) is 0 Å². The second kappa shape index (κ2) is 7.48. The Bertz CT molecular complexity index is 1160. The zero-order valence-corrected chi connectivity index (χ0v) is 17.7. The number of hydrogen-bond donors (Lipinski definition) is 0. The summed E-state index contributed by atoms with van der Waals surface area (Å²) in [4.78, 5) is 19.5. The standard InChI is InChI=1S/C18H21N5O4S2/c1-13-11-22-16(12-20-7-9-21(10-8-20)29(2,26)27)17(19-18(22)28-13)14-3-5-15(6-4-14)23(24)25/h3-6,11H,7-10,12H2,1-2H3. The van der Waals surface area contributed by atoms with Gasteiger partial charge in [0.2, 0.25) is 10.0 Å². The van der Waals surface area contributed by atoms with Crippen molar-refractivity contribution < 1.29 is 13.3 Å². The van der Waals surface area contributed by atoms with E-state index in [1.165, 1.54) is 22.7 Å². The third-order valence-electron chi connectivity index (χ3n) is 5.07. The Labute approximate surface area is 172 Å². The minimum absolute atomic E-state index is 0.0454. The molecule has 0 aliphatic carbocycles. The van der Waals surface area contributed by atoms with Gasteiger partial charge >= 0.3 is 0 Å². The highest BCUT2D eigenvalue weighted by atomic mass is 32.2. The predicted molar refractivity (Wildman–Crippen MR) is 112 cm³/mol. The van der Waals surface area contributed by atoms with Crippen LogP contribution in [0.25, 0.3) is 16.2 Å². The molecule has 11 heteroatoms. The summed E-state index contributed by atoms with van der Waals surface area (Å²) in [5.41, 5.74) is 2.68. The van der Waals surface area contributed by atoms with Crippen LogP contribution < -0.4 is 0 Å². The van der Waals surface area contributed by atoms with E-state index in [0.29, 0.717) is 32.7 Å². The lowest BCUT2D eigenvalue weighted by Gasteiger charge is -2.33. The van der Waals surface area contributed by atoms with E-state index in [4.69, 9.17) is 4.98 Å². The molecule has 0 unspecified atom stereocenters. The molecule has 0 saturated carbocycles. The molecule has 0 radical (unpaired) electrons. The van der Waals surface area contributed by atoms with Crippen molar-refractivity contribution in [2.45, 2.75) is 13.5 Å². The number of nitro groups is 1. The van der Waals surface area contributed by atoms with Gasteiger partial charge in [-0.3, -0.25) is 19.4 Å². The zero-order chi connectivity index (χ0) is 20.8. The number of aryl methyl sites for hydroxylation is 1. The van der Waals surface area contributed by atoms with Crippen LogP contribution in [-0.2, 0) is 16.6 Å². The van der Waals surface area contributed by atoms with Crippen LogP contribution in [0, 0.1) is 17.0 Å². The summed E-state index contributed by atoms with van der Waals surface area (Å²) in [5, 5.41) is 10.9. The number of benzene rings is 1. The minimum Gasteiger partial charge on any atom is -0.295 e. The quantitative estimate of drug-likeness (QED) is 0.450. The molecule has 1 aliphatic heterocycles. The van der Waals surface area contributed by atoms with Crippen LogP contribution in [0.15, 0.2) is 30.5 Å². The number of nitrogens with zero attached hydrogens (tertiary/aromatic N) is 5. The first-order valence-corrected chi connectivity index (χ1v) is 11.8. The Hall–Kier alpha value is -2.34. The molecule has 1 fully saturated rings. The van der Waals surface area contributed by atoms with Crippen LogP contribution in [0.3, 0.4) is 0 Å². The molecule has 0 spiro atoms. The molecule has 0 N–H and O–H groups in total. The van der Waals surface area contributed by atoms with E-state index in [1.54, 1.807) is 23.5 Å². The van der Waals surface area contributed by atoms with E-state index in [1.807, 2.05) is 13.1 Å². The first kappa shape index (κ1) is 20.0. The minimum atomic E-state index is -3.17. The molecule has 0 amide bonds. The lowest BCUT2D eigenvalue weighted by Crippen LogP contribution is -2.47. The number of aromatic nitrogens is 2. The van der Waals surface area contributed by atoms with Crippen LogP contribution in [0.1, 0.15) is 10.6 Å². The van der Waals surface area contributed by atoms with Gasteiger partial charge in [0, 0.05) is 61.5 Å². The van der Waals surface area contributed by atoms with Crippen molar-refractivity contribution in [1.82, 2.24) is 18.6 Å². The fourth-order valence-corrected chi connectivity index (χ4v) is 5.23. The van der Waals surface area contributed by atoms with Gasteiger partial charge in [-0.1, -0.05) is 0 Å². The number of hydrogen-bond acceptors (Lipinski definition) is 7. The van der Waals surface area contributed by atoms with Gasteiger partial charge in [0.15, 0.2) is 4.96 Å². The highest BCUT2D eigenvalue weighted by Gasteiger charge is 2.25. The average molecular weight is 436 g/mol. The van der Waals surface area contributed by atoms with Crippen molar-refractivity contribution in [2.24, 2.45) is 0 Å². The lowest BCUT2D eigenvalue weighted by molar-refractivity contribution is -0.384. The molecule has 2 aromatic heterocycles. The Kier molecular flexibility index (Phi) is 5.15. The first-order valence-electron chi connectivity index (χ1n) is 9.12. The smallest absolute Gasteiger partial charge is 0.269 e. The molecule has 4 rings (SSSR count). The Balaban J connectivity index is 1.64. The third-order valence-corrected chi connectivity index (χ3v) is 7.27. The SMILES string of the molecule is Cc1cn2c(CN3CCN(S(C)(=O)=O)CC3)c(-c3ccc([N+](=O)[O-])cc3)nc2s1. The summed E-state index contributed by atoms with van der Waals surface area (Å²) < 4.78 is 27.1. The van der Waals surface area contributed by atoms with Crippen LogP contribution in [0.5, 0.6) is 0 Å². The number of thiazole rings is 1. The normalized spacial score (nSPS) is 16.5. The fourth-order valence-electron chi connectivity index (χ4n) is 3.56. The number of sulfonamides is 1. The fraction of sp³-hybridized carbons (Fsp3) is 0.389. The molecule has 0 atom stereocenters. The third kappa shape index (κ3) is 4.04. The Morgan fingerprint density at radius 3 is 2.41 bits per heavy atom. The molecule has 29 heavy (non-hydrogen) atoms. The van der Waals surface area contributed by atoms with E-state index in [9.17, 15) is 18.5 Å². The van der Waals surface area contributed by atoms with Gasteiger partial charge in [-0.25, -0.2) is 13.4 Å². The van der Waals surface area contributed by atoms with Gasteiger partial charge < -0.3 is 0 Å². The van der Waals surface area contributed by atoms with Crippen molar-refractivity contribution in [2.75, 3.05) is 32.4 Å². The van der Waals surface area contributed by atoms with Gasteiger partial charge in [0.25, 0.3) is 5.69 Å². The molecule has 9 nitrogen and oxygen atoms in total. The van der Waals surface area contributed by atoms with Crippen molar-refractivity contribution in [3.63, 3.8) is 0 Å². The van der Waals surface area contributed by atoms with E-state index in [-0.39, 0.29) is 5.69 Å². The van der Waals surface area contributed by atoms with Gasteiger partial charge in [-0.05, 0) is 19.1 Å². The van der Waals surface area contributed by atoms with E-state index >= 15 is 0 Å². The summed E-state index contributed by atoms with van der Waals surface area (Å²) in [6.45, 7) is 4.87. The second-order valence-electron chi connectivity index (χ2n) is 7.14. The van der Waals surface area contributed by atoms with Crippen LogP contribution >= 0.6 is 11.3 Å². The summed E-state index contributed by atoms with van der Waals surface area (Å²) in [5.74, 6) is 0. The van der Waals surface area contributed by atoms with Crippen molar-refractivity contribution in [3.05, 3.63) is 51.1 Å². The Morgan fingerprint density at radius 2 is 1.83 bits per heavy atom. The molecule has 1 aliphatic rings. The van der Waals surface area contributed by atoms with E-state index < -0.39 is 14.9 Å². The van der Waals surface area contributed by atoms with Crippen molar-refractivity contribution in [1.29, 1.82) is 0 Å². The number of nitro benzene ring substituents is 1. The Morgan fingerprint density at radius 1 is 1.17 bits per heavy atom. The van der Waals surface area contributed by atoms with Gasteiger partial charge in [0.1, 0.15) is 0 Å². The van der Waals surface area contributed by atoms with Crippen LogP contribution in [0.4, 0.5) is 5.69 Å². The maximum absolute atomic E-state index is 11.7. The maximum Gasteiger partial charge on any atom is 0.269 e. The largest absolute Gasteiger partial charge is 0.295 e. The molecule has 1 saturated heterocycles. The van der Waals surface area contributed by atoms with E-state index in [2.05, 4.69) is 9.30 Å². The summed E-state index contributed by atoms with van der Waals surface area (Å²) in [6.07, 6.45) is 3.29. The number of fused-ring (bicyclic) bond motifs is 1. The number of rotatable bonds is 5. The van der Waals surface area contributed by atoms with Gasteiger partial charge in [-0.15, -0.1) is 11.3 Å². The molecule has 0 bridgehead atoms.